The van der Waals surface area contributed by atoms with Gasteiger partial charge in [-0.1, -0.05) is 13.0 Å². The van der Waals surface area contributed by atoms with Gasteiger partial charge in [-0.3, -0.25) is 9.59 Å². The highest BCUT2D eigenvalue weighted by Crippen LogP contribution is 2.27. The molecule has 0 atom stereocenters. The van der Waals surface area contributed by atoms with E-state index in [1.54, 1.807) is 38.5 Å². The summed E-state index contributed by atoms with van der Waals surface area (Å²) >= 11 is 0. The van der Waals surface area contributed by atoms with Crippen LogP contribution in [0.15, 0.2) is 24.3 Å². The van der Waals surface area contributed by atoms with Crippen molar-refractivity contribution in [2.45, 2.75) is 13.3 Å². The number of amides is 2. The van der Waals surface area contributed by atoms with Gasteiger partial charge in [0, 0.05) is 12.6 Å². The molecule has 1 aromatic rings. The highest BCUT2D eigenvalue weighted by molar-refractivity contribution is 5.94. The minimum Gasteiger partial charge on any atom is -0.493 e. The van der Waals surface area contributed by atoms with Crippen LogP contribution in [-0.2, 0) is 9.59 Å². The molecule has 1 aromatic carbocycles. The summed E-state index contributed by atoms with van der Waals surface area (Å²) in [5.74, 6) is 0.678. The number of benzene rings is 1. The van der Waals surface area contributed by atoms with E-state index < -0.39 is 0 Å². The van der Waals surface area contributed by atoms with Gasteiger partial charge in [0.2, 0.25) is 11.8 Å². The molecule has 0 saturated carbocycles. The van der Waals surface area contributed by atoms with Crippen molar-refractivity contribution >= 4 is 17.9 Å². The van der Waals surface area contributed by atoms with Crippen molar-refractivity contribution in [2.24, 2.45) is 0 Å². The predicted molar refractivity (Wildman–Crippen MR) is 84.9 cm³/mol. The quantitative estimate of drug-likeness (QED) is 0.711. The molecule has 120 valence electrons. The van der Waals surface area contributed by atoms with Crippen LogP contribution in [-0.4, -0.2) is 39.1 Å². The second-order valence-electron chi connectivity index (χ2n) is 4.52. The fraction of sp³-hybridized carbons (Fsp3) is 0.375. The molecule has 6 heteroatoms. The maximum Gasteiger partial charge on any atom is 0.244 e. The van der Waals surface area contributed by atoms with E-state index in [9.17, 15) is 9.59 Å². The van der Waals surface area contributed by atoms with E-state index in [4.69, 9.17) is 9.47 Å². The number of methoxy groups -OCH3 is 2. The van der Waals surface area contributed by atoms with Crippen LogP contribution < -0.4 is 20.1 Å². The number of carbonyl (C=O) groups excluding carboxylic acids is 2. The first-order valence-electron chi connectivity index (χ1n) is 7.05. The zero-order valence-electron chi connectivity index (χ0n) is 13.1. The first-order valence-corrected chi connectivity index (χ1v) is 7.05. The van der Waals surface area contributed by atoms with Crippen LogP contribution in [0.2, 0.25) is 0 Å². The van der Waals surface area contributed by atoms with E-state index in [2.05, 4.69) is 10.6 Å². The number of nitrogens with one attached hydrogen (secondary N) is 2. The molecule has 0 heterocycles. The van der Waals surface area contributed by atoms with Gasteiger partial charge in [0.25, 0.3) is 0 Å². The van der Waals surface area contributed by atoms with Crippen LogP contribution in [0, 0.1) is 0 Å². The highest BCUT2D eigenvalue weighted by Gasteiger charge is 2.04. The maximum absolute atomic E-state index is 11.6. The minimum absolute atomic E-state index is 0.0326. The normalized spacial score (nSPS) is 10.3. The van der Waals surface area contributed by atoms with E-state index in [-0.39, 0.29) is 18.4 Å². The lowest BCUT2D eigenvalue weighted by atomic mass is 10.2. The third-order valence-electron chi connectivity index (χ3n) is 2.83. The van der Waals surface area contributed by atoms with Crippen molar-refractivity contribution in [1.82, 2.24) is 10.6 Å². The predicted octanol–water partition coefficient (Wildman–Crippen LogP) is 1.36. The maximum atomic E-state index is 11.6. The van der Waals surface area contributed by atoms with Gasteiger partial charge in [-0.15, -0.1) is 0 Å². The lowest BCUT2D eigenvalue weighted by Crippen LogP contribution is -2.36. The molecule has 0 radical (unpaired) electrons. The minimum atomic E-state index is -0.332. The Morgan fingerprint density at radius 3 is 2.50 bits per heavy atom. The van der Waals surface area contributed by atoms with Crippen LogP contribution in [0.25, 0.3) is 6.08 Å². The van der Waals surface area contributed by atoms with E-state index >= 15 is 0 Å². The van der Waals surface area contributed by atoms with Gasteiger partial charge in [0.15, 0.2) is 11.5 Å². The summed E-state index contributed by atoms with van der Waals surface area (Å²) in [5, 5.41) is 5.20. The summed E-state index contributed by atoms with van der Waals surface area (Å²) in [6, 6.07) is 5.32. The summed E-state index contributed by atoms with van der Waals surface area (Å²) in [6.45, 7) is 2.54. The molecule has 0 aliphatic carbocycles. The van der Waals surface area contributed by atoms with Gasteiger partial charge in [0.05, 0.1) is 20.8 Å². The van der Waals surface area contributed by atoms with Crippen LogP contribution in [0.4, 0.5) is 0 Å². The van der Waals surface area contributed by atoms with Crippen LogP contribution in [0.1, 0.15) is 18.9 Å². The number of rotatable bonds is 8. The average molecular weight is 306 g/mol. The monoisotopic (exact) mass is 306 g/mol. The molecular weight excluding hydrogens is 284 g/mol. The number of hydrogen-bond acceptors (Lipinski definition) is 4. The molecule has 22 heavy (non-hydrogen) atoms. The number of hydrogen-bond donors (Lipinski definition) is 2. The standard InChI is InChI=1S/C16H22N2O4/c1-4-9-17-16(20)11-18-15(19)8-6-12-5-7-13(21-2)14(10-12)22-3/h5-8,10H,4,9,11H2,1-3H3,(H,17,20)(H,18,19)/b8-6+. The number of ether oxygens (including phenoxy) is 2. The molecule has 0 aromatic heterocycles. The van der Waals surface area contributed by atoms with Gasteiger partial charge in [-0.25, -0.2) is 0 Å². The van der Waals surface area contributed by atoms with E-state index in [0.29, 0.717) is 18.0 Å². The van der Waals surface area contributed by atoms with Crippen molar-refractivity contribution < 1.29 is 19.1 Å². The molecule has 0 bridgehead atoms. The second kappa shape index (κ2) is 9.44. The molecule has 2 amide bonds. The molecule has 2 N–H and O–H groups in total. The molecule has 0 aliphatic rings. The Balaban J connectivity index is 2.53. The number of carbonyl (C=O) groups is 2. The third-order valence-corrected chi connectivity index (χ3v) is 2.83. The van der Waals surface area contributed by atoms with Crippen molar-refractivity contribution in [3.63, 3.8) is 0 Å². The highest BCUT2D eigenvalue weighted by atomic mass is 16.5. The molecular formula is C16H22N2O4. The average Bonchev–Trinajstić information content (AvgIpc) is 2.55. The topological polar surface area (TPSA) is 76.7 Å². The smallest absolute Gasteiger partial charge is 0.244 e. The Kier molecular flexibility index (Phi) is 7.53. The Morgan fingerprint density at radius 1 is 1.14 bits per heavy atom. The Bertz CT molecular complexity index is 541. The fourth-order valence-corrected chi connectivity index (χ4v) is 1.68. The summed E-state index contributed by atoms with van der Waals surface area (Å²) in [4.78, 5) is 23.0. The second-order valence-corrected chi connectivity index (χ2v) is 4.52. The summed E-state index contributed by atoms with van der Waals surface area (Å²) < 4.78 is 10.3. The molecule has 6 nitrogen and oxygen atoms in total. The Morgan fingerprint density at radius 2 is 1.86 bits per heavy atom. The molecule has 0 spiro atoms. The molecule has 0 fully saturated rings. The Hall–Kier alpha value is -2.50. The van der Waals surface area contributed by atoms with Gasteiger partial charge >= 0.3 is 0 Å². The van der Waals surface area contributed by atoms with Crippen molar-refractivity contribution in [3.05, 3.63) is 29.8 Å². The molecule has 0 unspecified atom stereocenters. The van der Waals surface area contributed by atoms with Crippen LogP contribution in [0.5, 0.6) is 11.5 Å². The van der Waals surface area contributed by atoms with Crippen LogP contribution >= 0.6 is 0 Å². The summed E-state index contributed by atoms with van der Waals surface area (Å²) in [7, 11) is 3.11. The van der Waals surface area contributed by atoms with Crippen molar-refractivity contribution in [2.75, 3.05) is 27.3 Å². The van der Waals surface area contributed by atoms with Crippen molar-refractivity contribution in [3.8, 4) is 11.5 Å². The summed E-state index contributed by atoms with van der Waals surface area (Å²) in [5.41, 5.74) is 0.795. The first kappa shape index (κ1) is 17.6. The van der Waals surface area contributed by atoms with Gasteiger partial charge in [0.1, 0.15) is 0 Å². The molecule has 0 saturated heterocycles. The van der Waals surface area contributed by atoms with Crippen LogP contribution in [0.3, 0.4) is 0 Å². The lowest BCUT2D eigenvalue weighted by Gasteiger charge is -2.07. The largest absolute Gasteiger partial charge is 0.493 e. The zero-order valence-corrected chi connectivity index (χ0v) is 13.1. The molecule has 0 aliphatic heterocycles. The van der Waals surface area contributed by atoms with E-state index in [1.807, 2.05) is 6.92 Å². The van der Waals surface area contributed by atoms with Gasteiger partial charge in [-0.2, -0.15) is 0 Å². The van der Waals surface area contributed by atoms with E-state index in [0.717, 1.165) is 12.0 Å². The lowest BCUT2D eigenvalue weighted by molar-refractivity contribution is -0.123. The Labute approximate surface area is 130 Å². The third kappa shape index (κ3) is 5.87. The van der Waals surface area contributed by atoms with Gasteiger partial charge < -0.3 is 20.1 Å². The first-order chi connectivity index (χ1) is 10.6. The van der Waals surface area contributed by atoms with Crippen molar-refractivity contribution in [1.29, 1.82) is 0 Å². The zero-order chi connectivity index (χ0) is 16.4. The SMILES string of the molecule is CCCNC(=O)CNC(=O)/C=C/c1ccc(OC)c(OC)c1. The molecule has 1 rings (SSSR count). The van der Waals surface area contributed by atoms with Gasteiger partial charge in [-0.05, 0) is 30.2 Å². The van der Waals surface area contributed by atoms with E-state index in [1.165, 1.54) is 6.08 Å². The summed E-state index contributed by atoms with van der Waals surface area (Å²) in [6.07, 6.45) is 3.87. The fourth-order valence-electron chi connectivity index (χ4n) is 1.68.